The van der Waals surface area contributed by atoms with Crippen molar-refractivity contribution in [2.75, 3.05) is 25.2 Å². The van der Waals surface area contributed by atoms with Crippen LogP contribution in [0.3, 0.4) is 0 Å². The monoisotopic (exact) mass is 439 g/mol. The van der Waals surface area contributed by atoms with Gasteiger partial charge in [-0.05, 0) is 37.3 Å². The van der Waals surface area contributed by atoms with Crippen LogP contribution in [0.4, 0.5) is 0 Å². The van der Waals surface area contributed by atoms with Crippen molar-refractivity contribution in [1.82, 2.24) is 5.32 Å². The molecule has 2 unspecified atom stereocenters. The van der Waals surface area contributed by atoms with Gasteiger partial charge in [0.25, 0.3) is 0 Å². The van der Waals surface area contributed by atoms with Gasteiger partial charge in [-0.3, -0.25) is 0 Å². The molecule has 1 heterocycles. The number of hydrogen-bond acceptors (Lipinski definition) is 7. The molecule has 2 atom stereocenters. The maximum atomic E-state index is 13.2. The predicted octanol–water partition coefficient (Wildman–Crippen LogP) is 1.82. The van der Waals surface area contributed by atoms with Crippen molar-refractivity contribution in [1.29, 1.82) is 0 Å². The zero-order chi connectivity index (χ0) is 21.1. The minimum atomic E-state index is -3.84. The van der Waals surface area contributed by atoms with Crippen molar-refractivity contribution in [3.63, 3.8) is 0 Å². The maximum Gasteiger partial charge on any atom is 0.183 e. The van der Waals surface area contributed by atoms with Gasteiger partial charge in [-0.2, -0.15) is 0 Å². The molecule has 1 saturated heterocycles. The molecule has 2 aromatic rings. The Morgan fingerprint density at radius 3 is 2.41 bits per heavy atom. The number of ether oxygens (including phenoxy) is 2. The Morgan fingerprint density at radius 1 is 1.07 bits per heavy atom. The normalized spacial score (nSPS) is 21.0. The van der Waals surface area contributed by atoms with Gasteiger partial charge in [-0.1, -0.05) is 18.2 Å². The summed E-state index contributed by atoms with van der Waals surface area (Å²) in [6, 6.07) is 12.7. The molecule has 0 aromatic heterocycles. The van der Waals surface area contributed by atoms with Gasteiger partial charge in [0.1, 0.15) is 11.5 Å². The van der Waals surface area contributed by atoms with E-state index in [2.05, 4.69) is 5.32 Å². The van der Waals surface area contributed by atoms with E-state index in [1.807, 2.05) is 25.1 Å². The summed E-state index contributed by atoms with van der Waals surface area (Å²) in [4.78, 5) is 0.0899. The van der Waals surface area contributed by atoms with Crippen molar-refractivity contribution in [3.8, 4) is 11.5 Å². The first-order valence-electron chi connectivity index (χ1n) is 9.29. The second-order valence-electron chi connectivity index (χ2n) is 6.86. The third-order valence-electron chi connectivity index (χ3n) is 4.91. The zero-order valence-electron chi connectivity index (χ0n) is 16.4. The summed E-state index contributed by atoms with van der Waals surface area (Å²) in [7, 11) is -5.76. The highest BCUT2D eigenvalue weighted by molar-refractivity contribution is 7.96. The van der Waals surface area contributed by atoms with Crippen LogP contribution >= 0.6 is 0 Å². The van der Waals surface area contributed by atoms with Crippen molar-refractivity contribution in [2.45, 2.75) is 29.7 Å². The molecule has 2 aromatic carbocycles. The average Bonchev–Trinajstić information content (AvgIpc) is 3.02. The van der Waals surface area contributed by atoms with E-state index in [0.717, 1.165) is 5.56 Å². The first kappa shape index (κ1) is 21.6. The summed E-state index contributed by atoms with van der Waals surface area (Å²) in [6.07, 6.45) is 0. The van der Waals surface area contributed by atoms with Gasteiger partial charge in [0.2, 0.25) is 0 Å². The fourth-order valence-corrected chi connectivity index (χ4v) is 8.19. The summed E-state index contributed by atoms with van der Waals surface area (Å²) in [5.74, 6) is 0.609. The van der Waals surface area contributed by atoms with Crippen LogP contribution in [-0.2, 0) is 26.2 Å². The van der Waals surface area contributed by atoms with Crippen LogP contribution in [0.25, 0.3) is 0 Å². The molecule has 0 radical (unpaired) electrons. The van der Waals surface area contributed by atoms with E-state index >= 15 is 0 Å². The quantitative estimate of drug-likeness (QED) is 0.670. The third kappa shape index (κ3) is 4.91. The SMILES string of the molecule is CCOc1ccc(S(=O)(=O)C2CS(=O)(=O)CC2NCc2ccccc2OC)cc1. The molecule has 0 aliphatic carbocycles. The van der Waals surface area contributed by atoms with Crippen LogP contribution in [0.2, 0.25) is 0 Å². The number of sulfone groups is 2. The number of para-hydroxylation sites is 1. The first-order chi connectivity index (χ1) is 13.8. The van der Waals surface area contributed by atoms with Crippen molar-refractivity contribution >= 4 is 19.7 Å². The fraction of sp³-hybridized carbons (Fsp3) is 0.400. The number of rotatable bonds is 8. The molecule has 0 saturated carbocycles. The Hall–Kier alpha value is -2.10. The largest absolute Gasteiger partial charge is 0.496 e. The summed E-state index contributed by atoms with van der Waals surface area (Å²) in [5, 5.41) is 2.07. The van der Waals surface area contributed by atoms with Crippen LogP contribution in [0, 0.1) is 0 Å². The number of methoxy groups -OCH3 is 1. The van der Waals surface area contributed by atoms with Gasteiger partial charge >= 0.3 is 0 Å². The lowest BCUT2D eigenvalue weighted by Crippen LogP contribution is -2.43. The topological polar surface area (TPSA) is 98.8 Å². The van der Waals surface area contributed by atoms with Crippen molar-refractivity contribution in [3.05, 3.63) is 54.1 Å². The predicted molar refractivity (Wildman–Crippen MR) is 111 cm³/mol. The van der Waals surface area contributed by atoms with Gasteiger partial charge in [-0.15, -0.1) is 0 Å². The van der Waals surface area contributed by atoms with Crippen molar-refractivity contribution in [2.24, 2.45) is 0 Å². The Morgan fingerprint density at radius 2 is 1.76 bits per heavy atom. The van der Waals surface area contributed by atoms with Crippen LogP contribution in [0.15, 0.2) is 53.4 Å². The second kappa shape index (κ2) is 8.73. The number of nitrogens with one attached hydrogen (secondary N) is 1. The third-order valence-corrected chi connectivity index (χ3v) is 9.08. The summed E-state index contributed by atoms with van der Waals surface area (Å²) in [6.45, 7) is 2.62. The Kier molecular flexibility index (Phi) is 6.50. The van der Waals surface area contributed by atoms with Gasteiger partial charge in [0, 0.05) is 18.2 Å². The molecule has 0 spiro atoms. The highest BCUT2D eigenvalue weighted by Crippen LogP contribution is 2.28. The molecule has 3 rings (SSSR count). The van der Waals surface area contributed by atoms with E-state index in [1.54, 1.807) is 25.3 Å². The fourth-order valence-electron chi connectivity index (χ4n) is 3.47. The Labute approximate surface area is 171 Å². The van der Waals surface area contributed by atoms with E-state index in [4.69, 9.17) is 9.47 Å². The molecule has 7 nitrogen and oxygen atoms in total. The second-order valence-corrected chi connectivity index (χ2v) is 11.2. The van der Waals surface area contributed by atoms with Crippen LogP contribution < -0.4 is 14.8 Å². The maximum absolute atomic E-state index is 13.2. The Balaban J connectivity index is 1.83. The average molecular weight is 440 g/mol. The lowest BCUT2D eigenvalue weighted by molar-refractivity contribution is 0.340. The van der Waals surface area contributed by atoms with Crippen LogP contribution in [0.1, 0.15) is 12.5 Å². The molecular formula is C20H25NO6S2. The highest BCUT2D eigenvalue weighted by Gasteiger charge is 2.45. The van der Waals surface area contributed by atoms with E-state index < -0.39 is 36.7 Å². The van der Waals surface area contributed by atoms with Gasteiger partial charge in [0.05, 0.1) is 35.4 Å². The molecule has 9 heteroatoms. The smallest absolute Gasteiger partial charge is 0.183 e. The van der Waals surface area contributed by atoms with Gasteiger partial charge in [-0.25, -0.2) is 16.8 Å². The molecular weight excluding hydrogens is 414 g/mol. The summed E-state index contributed by atoms with van der Waals surface area (Å²) >= 11 is 0. The molecule has 29 heavy (non-hydrogen) atoms. The first-order valence-corrected chi connectivity index (χ1v) is 12.7. The van der Waals surface area contributed by atoms with E-state index in [1.165, 1.54) is 12.1 Å². The molecule has 1 aliphatic heterocycles. The molecule has 1 N–H and O–H groups in total. The van der Waals surface area contributed by atoms with Gasteiger partial charge < -0.3 is 14.8 Å². The highest BCUT2D eigenvalue weighted by atomic mass is 32.2. The van der Waals surface area contributed by atoms with E-state index in [-0.39, 0.29) is 10.6 Å². The zero-order valence-corrected chi connectivity index (χ0v) is 18.0. The minimum Gasteiger partial charge on any atom is -0.496 e. The van der Waals surface area contributed by atoms with E-state index in [9.17, 15) is 16.8 Å². The van der Waals surface area contributed by atoms with Crippen LogP contribution in [0.5, 0.6) is 11.5 Å². The van der Waals surface area contributed by atoms with Crippen molar-refractivity contribution < 1.29 is 26.3 Å². The Bertz CT molecular complexity index is 1050. The number of hydrogen-bond donors (Lipinski definition) is 1. The minimum absolute atomic E-state index is 0.0899. The molecule has 1 aliphatic rings. The molecule has 158 valence electrons. The van der Waals surface area contributed by atoms with E-state index in [0.29, 0.717) is 24.7 Å². The standard InChI is InChI=1S/C20H25NO6S2/c1-3-27-16-8-10-17(11-9-16)29(24,25)20-14-28(22,23)13-18(20)21-12-15-6-4-5-7-19(15)26-2/h4-11,18,20-21H,3,12-14H2,1-2H3. The molecule has 0 bridgehead atoms. The molecule has 1 fully saturated rings. The summed E-state index contributed by atoms with van der Waals surface area (Å²) in [5.41, 5.74) is 0.830. The number of benzene rings is 2. The lowest BCUT2D eigenvalue weighted by Gasteiger charge is -2.21. The summed E-state index contributed by atoms with van der Waals surface area (Å²) < 4.78 is 61.5. The van der Waals surface area contributed by atoms with Crippen LogP contribution in [-0.4, -0.2) is 53.3 Å². The lowest BCUT2D eigenvalue weighted by atomic mass is 10.1. The van der Waals surface area contributed by atoms with Gasteiger partial charge in [0.15, 0.2) is 19.7 Å². The molecule has 0 amide bonds.